The van der Waals surface area contributed by atoms with Crippen LogP contribution in [0.1, 0.15) is 32.8 Å². The van der Waals surface area contributed by atoms with Gasteiger partial charge in [-0.3, -0.25) is 4.79 Å². The molecule has 7 nitrogen and oxygen atoms in total. The quantitative estimate of drug-likeness (QED) is 0.710. The molecule has 0 fully saturated rings. The molecule has 0 saturated carbocycles. The molecule has 29 heavy (non-hydrogen) atoms. The maximum atomic E-state index is 12.9. The lowest BCUT2D eigenvalue weighted by Crippen LogP contribution is -2.40. The maximum absolute atomic E-state index is 12.9. The van der Waals surface area contributed by atoms with E-state index in [0.29, 0.717) is 23.4 Å². The molecule has 0 saturated heterocycles. The molecule has 1 aliphatic rings. The average molecular weight is 393 g/mol. The van der Waals surface area contributed by atoms with Crippen molar-refractivity contribution in [3.8, 4) is 17.1 Å². The van der Waals surface area contributed by atoms with Crippen LogP contribution in [0.4, 0.5) is 10.5 Å². The first kappa shape index (κ1) is 19.0. The molecule has 2 heterocycles. The van der Waals surface area contributed by atoms with Gasteiger partial charge < -0.3 is 14.5 Å². The van der Waals surface area contributed by atoms with Crippen LogP contribution in [0, 0.1) is 0 Å². The Kier molecular flexibility index (Phi) is 4.53. The number of H-pyrrole nitrogens is 1. The minimum atomic E-state index is -0.833. The molecule has 1 N–H and O–H groups in total. The zero-order chi connectivity index (χ0) is 20.8. The molecule has 3 aromatic rings. The lowest BCUT2D eigenvalue weighted by Gasteiger charge is -2.18. The first-order chi connectivity index (χ1) is 13.9. The standard InChI is InChI=1S/C22H23N3O4/c1-5-10-29-21(27)25-18-12-17-16(11-15(18)22(2,3)20(25)26)23-19(24-17)13-6-8-14(28-4)9-7-13/h6-9,11-12H,5,10H2,1-4H3,(H,23,24). The number of aromatic amines is 1. The first-order valence-electron chi connectivity index (χ1n) is 9.56. The third-order valence-corrected chi connectivity index (χ3v) is 5.23. The fourth-order valence-corrected chi connectivity index (χ4v) is 3.56. The predicted octanol–water partition coefficient (Wildman–Crippen LogP) is 4.41. The van der Waals surface area contributed by atoms with E-state index in [-0.39, 0.29) is 12.5 Å². The molecule has 1 aliphatic heterocycles. The van der Waals surface area contributed by atoms with Crippen molar-refractivity contribution in [2.24, 2.45) is 0 Å². The normalized spacial score (nSPS) is 14.9. The van der Waals surface area contributed by atoms with Crippen molar-refractivity contribution in [2.75, 3.05) is 18.6 Å². The molecule has 1 aromatic heterocycles. The fourth-order valence-electron chi connectivity index (χ4n) is 3.56. The molecular formula is C22H23N3O4. The molecule has 2 amide bonds. The van der Waals surface area contributed by atoms with Gasteiger partial charge in [0.15, 0.2) is 0 Å². The Morgan fingerprint density at radius 3 is 2.59 bits per heavy atom. The van der Waals surface area contributed by atoms with Crippen LogP contribution >= 0.6 is 0 Å². The molecule has 150 valence electrons. The summed E-state index contributed by atoms with van der Waals surface area (Å²) in [5.74, 6) is 1.18. The van der Waals surface area contributed by atoms with Gasteiger partial charge >= 0.3 is 6.09 Å². The number of nitrogens with one attached hydrogen (secondary N) is 1. The molecule has 0 spiro atoms. The molecule has 0 bridgehead atoms. The van der Waals surface area contributed by atoms with Gasteiger partial charge in [-0.15, -0.1) is 0 Å². The van der Waals surface area contributed by atoms with Gasteiger partial charge in [-0.25, -0.2) is 14.7 Å². The third kappa shape index (κ3) is 3.03. The number of anilines is 1. The largest absolute Gasteiger partial charge is 0.497 e. The summed E-state index contributed by atoms with van der Waals surface area (Å²) in [6, 6.07) is 11.3. The monoisotopic (exact) mass is 393 g/mol. The van der Waals surface area contributed by atoms with Gasteiger partial charge in [0, 0.05) is 5.56 Å². The SMILES string of the molecule is CCCOC(=O)N1C(=O)C(C)(C)c2cc3[nH]c(-c4ccc(OC)cc4)nc3cc21. The van der Waals surface area contributed by atoms with E-state index in [1.165, 1.54) is 0 Å². The Morgan fingerprint density at radius 1 is 1.21 bits per heavy atom. The molecule has 4 rings (SSSR count). The average Bonchev–Trinajstić information content (AvgIpc) is 3.22. The van der Waals surface area contributed by atoms with Gasteiger partial charge in [-0.1, -0.05) is 6.92 Å². The number of benzene rings is 2. The topological polar surface area (TPSA) is 84.5 Å². The number of ether oxygens (including phenoxy) is 2. The van der Waals surface area contributed by atoms with Crippen LogP contribution in [0.2, 0.25) is 0 Å². The molecule has 0 atom stereocenters. The number of imidazole rings is 1. The number of imide groups is 1. The van der Waals surface area contributed by atoms with E-state index in [2.05, 4.69) is 9.97 Å². The van der Waals surface area contributed by atoms with E-state index >= 15 is 0 Å². The van der Waals surface area contributed by atoms with E-state index in [9.17, 15) is 9.59 Å². The van der Waals surface area contributed by atoms with Crippen LogP contribution in [0.15, 0.2) is 36.4 Å². The van der Waals surface area contributed by atoms with Gasteiger partial charge in [0.05, 0.1) is 35.9 Å². The van der Waals surface area contributed by atoms with Crippen molar-refractivity contribution in [1.82, 2.24) is 9.97 Å². The second kappa shape index (κ2) is 6.92. The van der Waals surface area contributed by atoms with Gasteiger partial charge in [0.1, 0.15) is 11.6 Å². The van der Waals surface area contributed by atoms with Crippen LogP contribution in [0.25, 0.3) is 22.4 Å². The highest BCUT2D eigenvalue weighted by Gasteiger charge is 2.47. The van der Waals surface area contributed by atoms with E-state index in [1.54, 1.807) is 13.2 Å². The molecule has 2 aromatic carbocycles. The number of rotatable bonds is 4. The molecule has 0 aliphatic carbocycles. The number of carbonyl (C=O) groups excluding carboxylic acids is 2. The summed E-state index contributed by atoms with van der Waals surface area (Å²) in [6.07, 6.45) is 0.0436. The molecule has 0 unspecified atom stereocenters. The Hall–Kier alpha value is -3.35. The molecule has 7 heteroatoms. The van der Waals surface area contributed by atoms with Crippen LogP contribution in [0.3, 0.4) is 0 Å². The third-order valence-electron chi connectivity index (χ3n) is 5.23. The van der Waals surface area contributed by atoms with E-state index < -0.39 is 11.5 Å². The number of fused-ring (bicyclic) bond motifs is 2. The van der Waals surface area contributed by atoms with Crippen LogP contribution in [-0.4, -0.2) is 35.7 Å². The van der Waals surface area contributed by atoms with Crippen molar-refractivity contribution in [2.45, 2.75) is 32.6 Å². The Labute approximate surface area is 168 Å². The lowest BCUT2D eigenvalue weighted by atomic mass is 9.86. The highest BCUT2D eigenvalue weighted by Crippen LogP contribution is 2.44. The Balaban J connectivity index is 1.79. The zero-order valence-corrected chi connectivity index (χ0v) is 16.9. The van der Waals surface area contributed by atoms with Crippen molar-refractivity contribution in [1.29, 1.82) is 0 Å². The molecule has 0 radical (unpaired) electrons. The number of amides is 2. The number of carbonyl (C=O) groups is 2. The first-order valence-corrected chi connectivity index (χ1v) is 9.56. The van der Waals surface area contributed by atoms with Crippen molar-refractivity contribution >= 4 is 28.7 Å². The number of hydrogen-bond donors (Lipinski definition) is 1. The van der Waals surface area contributed by atoms with E-state index in [4.69, 9.17) is 9.47 Å². The van der Waals surface area contributed by atoms with Gasteiger partial charge in [0.25, 0.3) is 0 Å². The number of hydrogen-bond acceptors (Lipinski definition) is 5. The summed E-state index contributed by atoms with van der Waals surface area (Å²) >= 11 is 0. The lowest BCUT2D eigenvalue weighted by molar-refractivity contribution is -0.121. The minimum absolute atomic E-state index is 0.268. The van der Waals surface area contributed by atoms with Crippen molar-refractivity contribution in [3.63, 3.8) is 0 Å². The van der Waals surface area contributed by atoms with Gasteiger partial charge in [-0.2, -0.15) is 0 Å². The van der Waals surface area contributed by atoms with Crippen molar-refractivity contribution in [3.05, 3.63) is 42.0 Å². The van der Waals surface area contributed by atoms with Gasteiger partial charge in [0.2, 0.25) is 5.91 Å². The van der Waals surface area contributed by atoms with Crippen LogP contribution in [-0.2, 0) is 14.9 Å². The van der Waals surface area contributed by atoms with E-state index in [1.807, 2.05) is 51.1 Å². The highest BCUT2D eigenvalue weighted by molar-refractivity contribution is 6.21. The Morgan fingerprint density at radius 2 is 1.93 bits per heavy atom. The van der Waals surface area contributed by atoms with Crippen LogP contribution in [0.5, 0.6) is 5.75 Å². The maximum Gasteiger partial charge on any atom is 0.421 e. The van der Waals surface area contributed by atoms with Gasteiger partial charge in [-0.05, 0) is 62.2 Å². The second-order valence-corrected chi connectivity index (χ2v) is 7.58. The summed E-state index contributed by atoms with van der Waals surface area (Å²) < 4.78 is 10.4. The number of aromatic nitrogens is 2. The summed E-state index contributed by atoms with van der Waals surface area (Å²) in [5.41, 5.74) is 2.86. The fraction of sp³-hybridized carbons (Fsp3) is 0.318. The summed E-state index contributed by atoms with van der Waals surface area (Å²) in [6.45, 7) is 5.80. The molecular weight excluding hydrogens is 370 g/mol. The number of methoxy groups -OCH3 is 1. The minimum Gasteiger partial charge on any atom is -0.497 e. The van der Waals surface area contributed by atoms with Crippen molar-refractivity contribution < 1.29 is 19.1 Å². The highest BCUT2D eigenvalue weighted by atomic mass is 16.6. The predicted molar refractivity (Wildman–Crippen MR) is 110 cm³/mol. The number of nitrogens with zero attached hydrogens (tertiary/aromatic N) is 2. The summed E-state index contributed by atoms with van der Waals surface area (Å²) in [7, 11) is 1.62. The van der Waals surface area contributed by atoms with E-state index in [0.717, 1.165) is 27.3 Å². The Bertz CT molecular complexity index is 1100. The summed E-state index contributed by atoms with van der Waals surface area (Å²) in [5, 5.41) is 0. The summed E-state index contributed by atoms with van der Waals surface area (Å²) in [4.78, 5) is 34.6. The van der Waals surface area contributed by atoms with Crippen LogP contribution < -0.4 is 9.64 Å². The second-order valence-electron chi connectivity index (χ2n) is 7.58. The smallest absolute Gasteiger partial charge is 0.421 e. The zero-order valence-electron chi connectivity index (χ0n) is 16.9.